The van der Waals surface area contributed by atoms with Crippen molar-refractivity contribution >= 4 is 12.4 Å². The van der Waals surface area contributed by atoms with Crippen LogP contribution >= 0.6 is 12.4 Å². The van der Waals surface area contributed by atoms with Crippen LogP contribution in [0.3, 0.4) is 0 Å². The average Bonchev–Trinajstić information content (AvgIpc) is 2.52. The van der Waals surface area contributed by atoms with Crippen LogP contribution < -0.4 is 14.8 Å². The number of halogens is 3. The number of nitrogens with one attached hydrogen (secondary N) is 1. The lowest BCUT2D eigenvalue weighted by atomic mass is 10.0. The Labute approximate surface area is 136 Å². The summed E-state index contributed by atoms with van der Waals surface area (Å²) in [6.45, 7) is 3.19. The van der Waals surface area contributed by atoms with Gasteiger partial charge >= 0.3 is 0 Å². The molecule has 0 radical (unpaired) electrons. The summed E-state index contributed by atoms with van der Waals surface area (Å²) >= 11 is 0. The number of alkyl halides is 2. The molecule has 1 fully saturated rings. The molecule has 0 saturated carbocycles. The van der Waals surface area contributed by atoms with Crippen LogP contribution in [0.5, 0.6) is 11.5 Å². The minimum absolute atomic E-state index is 0. The van der Waals surface area contributed by atoms with Gasteiger partial charge in [0.15, 0.2) is 11.5 Å². The molecule has 0 aromatic heterocycles. The van der Waals surface area contributed by atoms with Crippen molar-refractivity contribution in [1.82, 2.24) is 10.2 Å². The highest BCUT2D eigenvalue weighted by Gasteiger charge is 2.26. The normalized spacial score (nSPS) is 17.0. The predicted molar refractivity (Wildman–Crippen MR) is 84.6 cm³/mol. The molecule has 2 rings (SSSR count). The van der Waals surface area contributed by atoms with Gasteiger partial charge in [0.1, 0.15) is 0 Å². The number of piperazine rings is 1. The molecule has 1 aromatic carbocycles. The van der Waals surface area contributed by atoms with Gasteiger partial charge in [-0.15, -0.1) is 12.4 Å². The highest BCUT2D eigenvalue weighted by molar-refractivity contribution is 5.85. The fraction of sp³-hybridized carbons (Fsp3) is 0.600. The van der Waals surface area contributed by atoms with Crippen molar-refractivity contribution in [3.63, 3.8) is 0 Å². The predicted octanol–water partition coefficient (Wildman–Crippen LogP) is 2.73. The van der Waals surface area contributed by atoms with E-state index in [1.165, 1.54) is 0 Å². The lowest BCUT2D eigenvalue weighted by Gasteiger charge is -2.35. The SMILES string of the molecule is COc1ccc([C@@H](CC(F)F)N2CCNCC2)cc1OC.Cl. The number of ether oxygens (including phenoxy) is 2. The van der Waals surface area contributed by atoms with Gasteiger partial charge in [-0.1, -0.05) is 6.07 Å². The van der Waals surface area contributed by atoms with Gasteiger partial charge in [0.2, 0.25) is 6.43 Å². The molecular weight excluding hydrogens is 314 g/mol. The van der Waals surface area contributed by atoms with E-state index in [0.29, 0.717) is 11.5 Å². The Morgan fingerprint density at radius 2 is 1.77 bits per heavy atom. The van der Waals surface area contributed by atoms with E-state index in [0.717, 1.165) is 31.7 Å². The second-order valence-electron chi connectivity index (χ2n) is 5.04. The maximum Gasteiger partial charge on any atom is 0.240 e. The van der Waals surface area contributed by atoms with Gasteiger partial charge in [0, 0.05) is 38.6 Å². The summed E-state index contributed by atoms with van der Waals surface area (Å²) in [5, 5.41) is 3.24. The number of benzene rings is 1. The summed E-state index contributed by atoms with van der Waals surface area (Å²) in [5.74, 6) is 1.18. The first kappa shape index (κ1) is 18.9. The van der Waals surface area contributed by atoms with Gasteiger partial charge in [0.05, 0.1) is 14.2 Å². The van der Waals surface area contributed by atoms with Crippen molar-refractivity contribution in [1.29, 1.82) is 0 Å². The quantitative estimate of drug-likeness (QED) is 0.866. The van der Waals surface area contributed by atoms with E-state index in [4.69, 9.17) is 9.47 Å². The lowest BCUT2D eigenvalue weighted by Crippen LogP contribution is -2.45. The number of nitrogens with zero attached hydrogens (tertiary/aromatic N) is 1. The van der Waals surface area contributed by atoms with Gasteiger partial charge in [-0.25, -0.2) is 8.78 Å². The van der Waals surface area contributed by atoms with E-state index in [2.05, 4.69) is 10.2 Å². The molecule has 0 amide bonds. The summed E-state index contributed by atoms with van der Waals surface area (Å²) in [5.41, 5.74) is 0.842. The van der Waals surface area contributed by atoms with E-state index in [1.807, 2.05) is 6.07 Å². The van der Waals surface area contributed by atoms with Gasteiger partial charge in [-0.3, -0.25) is 4.90 Å². The molecule has 4 nitrogen and oxygen atoms in total. The third-order valence-electron chi connectivity index (χ3n) is 3.79. The molecule has 1 heterocycles. The first-order valence-corrected chi connectivity index (χ1v) is 7.10. The topological polar surface area (TPSA) is 33.7 Å². The molecule has 1 aliphatic rings. The summed E-state index contributed by atoms with van der Waals surface area (Å²) in [4.78, 5) is 2.10. The Morgan fingerprint density at radius 3 is 2.32 bits per heavy atom. The Kier molecular flexibility index (Phi) is 7.85. The number of methoxy groups -OCH3 is 2. The standard InChI is InChI=1S/C15H22F2N2O2.ClH/c1-20-13-4-3-11(9-14(13)21-2)12(10-15(16)17)19-7-5-18-6-8-19;/h3-4,9,12,15,18H,5-8,10H2,1-2H3;1H/t12-;/m1./s1. The molecule has 22 heavy (non-hydrogen) atoms. The van der Waals surface area contributed by atoms with Crippen LogP contribution in [0.15, 0.2) is 18.2 Å². The Hall–Kier alpha value is -1.11. The van der Waals surface area contributed by atoms with E-state index < -0.39 is 6.43 Å². The van der Waals surface area contributed by atoms with Crippen LogP contribution in [-0.2, 0) is 0 Å². The van der Waals surface area contributed by atoms with Crippen LogP contribution in [0.2, 0.25) is 0 Å². The van der Waals surface area contributed by atoms with E-state index in [1.54, 1.807) is 26.4 Å². The van der Waals surface area contributed by atoms with Gasteiger partial charge in [-0.2, -0.15) is 0 Å². The van der Waals surface area contributed by atoms with Crippen LogP contribution in [0.4, 0.5) is 8.78 Å². The summed E-state index contributed by atoms with van der Waals surface area (Å²) < 4.78 is 36.4. The molecule has 0 unspecified atom stereocenters. The van der Waals surface area contributed by atoms with Crippen LogP contribution in [-0.4, -0.2) is 51.7 Å². The van der Waals surface area contributed by atoms with E-state index in [9.17, 15) is 8.78 Å². The number of hydrogen-bond donors (Lipinski definition) is 1. The summed E-state index contributed by atoms with van der Waals surface area (Å²) in [7, 11) is 3.11. The Bertz CT molecular complexity index is 457. The molecule has 0 spiro atoms. The largest absolute Gasteiger partial charge is 0.493 e. The van der Waals surface area contributed by atoms with Crippen LogP contribution in [0.25, 0.3) is 0 Å². The zero-order valence-corrected chi connectivity index (χ0v) is 13.7. The Balaban J connectivity index is 0.00000242. The van der Waals surface area contributed by atoms with Gasteiger partial charge in [0.25, 0.3) is 0 Å². The van der Waals surface area contributed by atoms with E-state index in [-0.39, 0.29) is 24.9 Å². The molecule has 1 atom stereocenters. The van der Waals surface area contributed by atoms with Crippen LogP contribution in [0, 0.1) is 0 Å². The van der Waals surface area contributed by atoms with Crippen molar-refractivity contribution in [2.75, 3.05) is 40.4 Å². The summed E-state index contributed by atoms with van der Waals surface area (Å²) in [6.07, 6.45) is -2.51. The van der Waals surface area contributed by atoms with Gasteiger partial charge < -0.3 is 14.8 Å². The van der Waals surface area contributed by atoms with Gasteiger partial charge in [-0.05, 0) is 17.7 Å². The molecule has 126 valence electrons. The number of rotatable bonds is 6. The second kappa shape index (κ2) is 9.12. The monoisotopic (exact) mass is 336 g/mol. The fourth-order valence-corrected chi connectivity index (χ4v) is 2.72. The minimum atomic E-state index is -2.34. The van der Waals surface area contributed by atoms with Crippen molar-refractivity contribution < 1.29 is 18.3 Å². The maximum atomic E-state index is 13.0. The minimum Gasteiger partial charge on any atom is -0.493 e. The average molecular weight is 337 g/mol. The second-order valence-corrected chi connectivity index (χ2v) is 5.04. The van der Waals surface area contributed by atoms with Crippen molar-refractivity contribution in [3.05, 3.63) is 23.8 Å². The van der Waals surface area contributed by atoms with Crippen molar-refractivity contribution in [2.45, 2.75) is 18.9 Å². The maximum absolute atomic E-state index is 13.0. The third-order valence-corrected chi connectivity index (χ3v) is 3.79. The molecule has 1 aliphatic heterocycles. The first-order valence-electron chi connectivity index (χ1n) is 7.10. The zero-order chi connectivity index (χ0) is 15.2. The van der Waals surface area contributed by atoms with Crippen molar-refractivity contribution in [2.24, 2.45) is 0 Å². The third kappa shape index (κ3) is 4.69. The zero-order valence-electron chi connectivity index (χ0n) is 12.9. The smallest absolute Gasteiger partial charge is 0.240 e. The fourth-order valence-electron chi connectivity index (χ4n) is 2.72. The van der Waals surface area contributed by atoms with Crippen LogP contribution in [0.1, 0.15) is 18.0 Å². The van der Waals surface area contributed by atoms with Crippen molar-refractivity contribution in [3.8, 4) is 11.5 Å². The molecule has 1 aromatic rings. The molecule has 0 aliphatic carbocycles. The summed E-state index contributed by atoms with van der Waals surface area (Å²) in [6, 6.07) is 5.12. The lowest BCUT2D eigenvalue weighted by molar-refractivity contribution is 0.0738. The number of hydrogen-bond acceptors (Lipinski definition) is 4. The molecule has 0 bridgehead atoms. The van der Waals surface area contributed by atoms with E-state index >= 15 is 0 Å². The Morgan fingerprint density at radius 1 is 1.14 bits per heavy atom. The molecule has 1 saturated heterocycles. The molecule has 1 N–H and O–H groups in total. The highest BCUT2D eigenvalue weighted by Crippen LogP contribution is 2.34. The molecular formula is C15H23ClF2N2O2. The first-order chi connectivity index (χ1) is 10.2. The highest BCUT2D eigenvalue weighted by atomic mass is 35.5. The molecule has 7 heteroatoms.